The fourth-order valence-electron chi connectivity index (χ4n) is 1.44. The van der Waals surface area contributed by atoms with Crippen LogP contribution in [0.2, 0.25) is 0 Å². The molecule has 0 aliphatic rings. The molecule has 2 aromatic rings. The molecule has 0 unspecified atom stereocenters. The van der Waals surface area contributed by atoms with Gasteiger partial charge in [-0.15, -0.1) is 0 Å². The van der Waals surface area contributed by atoms with Crippen molar-refractivity contribution < 1.29 is 4.92 Å². The molecule has 0 amide bonds. The monoisotopic (exact) mass is 253 g/mol. The zero-order valence-electron chi connectivity index (χ0n) is 10.1. The van der Waals surface area contributed by atoms with Crippen LogP contribution in [-0.2, 0) is 0 Å². The van der Waals surface area contributed by atoms with Gasteiger partial charge in [0.05, 0.1) is 21.9 Å². The molecule has 5 heteroatoms. The Balaban J connectivity index is 2.13. The van der Waals surface area contributed by atoms with Crippen LogP contribution in [0.1, 0.15) is 5.56 Å². The number of azo groups is 1. The molecule has 0 fully saturated rings. The molecule has 19 heavy (non-hydrogen) atoms. The van der Waals surface area contributed by atoms with E-state index in [0.29, 0.717) is 11.3 Å². The summed E-state index contributed by atoms with van der Waals surface area (Å²) in [7, 11) is 0. The maximum Gasteiger partial charge on any atom is 0.269 e. The lowest BCUT2D eigenvalue weighted by Crippen LogP contribution is -1.94. The first kappa shape index (κ1) is 12.6. The summed E-state index contributed by atoms with van der Waals surface area (Å²) in [4.78, 5) is 10.0. The van der Waals surface area contributed by atoms with Crippen LogP contribution in [-0.4, -0.2) is 4.92 Å². The van der Waals surface area contributed by atoms with E-state index in [4.69, 9.17) is 0 Å². The van der Waals surface area contributed by atoms with Gasteiger partial charge >= 0.3 is 0 Å². The van der Waals surface area contributed by atoms with E-state index < -0.39 is 4.92 Å². The Morgan fingerprint density at radius 1 is 0.947 bits per heavy atom. The van der Waals surface area contributed by atoms with Gasteiger partial charge in [0.15, 0.2) is 0 Å². The van der Waals surface area contributed by atoms with E-state index in [0.717, 1.165) is 5.69 Å². The summed E-state index contributed by atoms with van der Waals surface area (Å²) in [6.07, 6.45) is 0. The van der Waals surface area contributed by atoms with E-state index >= 15 is 0 Å². The normalized spacial score (nSPS) is 10.5. The highest BCUT2D eigenvalue weighted by atomic mass is 16.6. The molecule has 5 nitrogen and oxygen atoms in total. The van der Waals surface area contributed by atoms with E-state index in [-0.39, 0.29) is 5.70 Å². The highest BCUT2D eigenvalue weighted by Gasteiger charge is 2.09. The number of hydrogen-bond acceptors (Lipinski definition) is 4. The number of rotatable bonds is 4. The Kier molecular flexibility index (Phi) is 3.78. The van der Waals surface area contributed by atoms with Crippen LogP contribution >= 0.6 is 0 Å². The van der Waals surface area contributed by atoms with E-state index in [2.05, 4.69) is 16.8 Å². The summed E-state index contributed by atoms with van der Waals surface area (Å²) >= 11 is 0. The van der Waals surface area contributed by atoms with Crippen LogP contribution in [0.25, 0.3) is 5.70 Å². The molecule has 94 valence electrons. The second kappa shape index (κ2) is 5.68. The van der Waals surface area contributed by atoms with E-state index in [1.807, 2.05) is 30.3 Å². The maximum atomic E-state index is 10.6. The fourth-order valence-corrected chi connectivity index (χ4v) is 1.44. The minimum absolute atomic E-state index is 0.133. The third kappa shape index (κ3) is 3.32. The van der Waals surface area contributed by atoms with Crippen molar-refractivity contribution in [2.75, 3.05) is 0 Å². The lowest BCUT2D eigenvalue weighted by atomic mass is 10.2. The fraction of sp³-hybridized carbons (Fsp3) is 0. The van der Waals surface area contributed by atoms with Gasteiger partial charge in [0.1, 0.15) is 0 Å². The summed E-state index contributed by atoms with van der Waals surface area (Å²) in [6, 6.07) is 15.9. The highest BCUT2D eigenvalue weighted by Crippen LogP contribution is 2.20. The van der Waals surface area contributed by atoms with Crippen molar-refractivity contribution in [2.24, 2.45) is 10.2 Å². The Morgan fingerprint density at radius 2 is 1.47 bits per heavy atom. The van der Waals surface area contributed by atoms with Gasteiger partial charge in [-0.3, -0.25) is 10.1 Å². The molecular formula is C14H11N3O2. The molecule has 0 N–H and O–H groups in total. The Hall–Kier alpha value is -2.82. The lowest BCUT2D eigenvalue weighted by Gasteiger charge is -1.97. The van der Waals surface area contributed by atoms with Gasteiger partial charge in [-0.2, -0.15) is 10.2 Å². The van der Waals surface area contributed by atoms with Crippen LogP contribution in [0.15, 0.2) is 71.4 Å². The Morgan fingerprint density at radius 3 is 2.00 bits per heavy atom. The van der Waals surface area contributed by atoms with E-state index in [9.17, 15) is 10.1 Å². The molecule has 2 aromatic carbocycles. The average Bonchev–Trinajstić information content (AvgIpc) is 2.46. The van der Waals surface area contributed by atoms with Gasteiger partial charge < -0.3 is 0 Å². The molecule has 0 aromatic heterocycles. The van der Waals surface area contributed by atoms with Crippen LogP contribution in [0.4, 0.5) is 11.4 Å². The molecule has 0 aliphatic heterocycles. The first-order valence-corrected chi connectivity index (χ1v) is 5.57. The average molecular weight is 253 g/mol. The van der Waals surface area contributed by atoms with Gasteiger partial charge in [0, 0.05) is 0 Å². The molecule has 0 saturated carbocycles. The van der Waals surface area contributed by atoms with Gasteiger partial charge in [-0.1, -0.05) is 18.2 Å². The van der Waals surface area contributed by atoms with Crippen molar-refractivity contribution in [3.8, 4) is 0 Å². The third-order valence-corrected chi connectivity index (χ3v) is 2.46. The third-order valence-electron chi connectivity index (χ3n) is 2.46. The van der Waals surface area contributed by atoms with Crippen molar-refractivity contribution in [1.82, 2.24) is 0 Å². The second-order valence-corrected chi connectivity index (χ2v) is 3.79. The van der Waals surface area contributed by atoms with Crippen molar-refractivity contribution in [3.05, 3.63) is 76.9 Å². The van der Waals surface area contributed by atoms with Crippen LogP contribution in [0.5, 0.6) is 0 Å². The lowest BCUT2D eigenvalue weighted by molar-refractivity contribution is -0.375. The second-order valence-electron chi connectivity index (χ2n) is 3.79. The SMILES string of the molecule is C=C(c1ccc(/N=N/c2ccccc2)cc1)[N+](=O)[O-]. The molecule has 2 rings (SSSR count). The first-order chi connectivity index (χ1) is 9.16. The number of hydrogen-bond donors (Lipinski definition) is 0. The number of nitrogens with zero attached hydrogens (tertiary/aromatic N) is 3. The first-order valence-electron chi connectivity index (χ1n) is 5.57. The molecule has 0 spiro atoms. The molecule has 0 saturated heterocycles. The summed E-state index contributed by atoms with van der Waals surface area (Å²) in [5.74, 6) is 0. The summed E-state index contributed by atoms with van der Waals surface area (Å²) in [6.45, 7) is 3.39. The van der Waals surface area contributed by atoms with Crippen LogP contribution in [0, 0.1) is 10.1 Å². The minimum atomic E-state index is -0.513. The van der Waals surface area contributed by atoms with Crippen LogP contribution in [0.3, 0.4) is 0 Å². The smallest absolute Gasteiger partial charge is 0.258 e. The minimum Gasteiger partial charge on any atom is -0.258 e. The quantitative estimate of drug-likeness (QED) is 0.461. The van der Waals surface area contributed by atoms with Gasteiger partial charge in [0.2, 0.25) is 0 Å². The van der Waals surface area contributed by atoms with Gasteiger partial charge in [-0.05, 0) is 43.0 Å². The van der Waals surface area contributed by atoms with E-state index in [1.165, 1.54) is 0 Å². The highest BCUT2D eigenvalue weighted by molar-refractivity contribution is 5.58. The number of nitro groups is 1. The zero-order chi connectivity index (χ0) is 13.7. The summed E-state index contributed by atoms with van der Waals surface area (Å²) in [5.41, 5.74) is 1.71. The van der Waals surface area contributed by atoms with Gasteiger partial charge in [-0.25, -0.2) is 0 Å². The molecule has 0 atom stereocenters. The standard InChI is InChI=1S/C14H11N3O2/c1-11(17(18)19)12-7-9-14(10-8-12)16-15-13-5-3-2-4-6-13/h2-10H,1H2/b16-15+. The Bertz CT molecular complexity index is 619. The van der Waals surface area contributed by atoms with Crippen molar-refractivity contribution >= 4 is 17.1 Å². The summed E-state index contributed by atoms with van der Waals surface area (Å²) in [5, 5.41) is 18.7. The predicted octanol–water partition coefficient (Wildman–Crippen LogP) is 4.35. The number of benzene rings is 2. The van der Waals surface area contributed by atoms with Crippen molar-refractivity contribution in [2.45, 2.75) is 0 Å². The molecular weight excluding hydrogens is 242 g/mol. The predicted molar refractivity (Wildman–Crippen MR) is 73.1 cm³/mol. The molecule has 0 bridgehead atoms. The largest absolute Gasteiger partial charge is 0.269 e. The van der Waals surface area contributed by atoms with Crippen molar-refractivity contribution in [1.29, 1.82) is 0 Å². The van der Waals surface area contributed by atoms with Crippen LogP contribution < -0.4 is 0 Å². The van der Waals surface area contributed by atoms with E-state index in [1.54, 1.807) is 24.3 Å². The summed E-state index contributed by atoms with van der Waals surface area (Å²) < 4.78 is 0. The molecule has 0 radical (unpaired) electrons. The zero-order valence-corrected chi connectivity index (χ0v) is 10.1. The molecule has 0 heterocycles. The maximum absolute atomic E-state index is 10.6. The van der Waals surface area contributed by atoms with Gasteiger partial charge in [0.25, 0.3) is 5.70 Å². The van der Waals surface area contributed by atoms with Crippen molar-refractivity contribution in [3.63, 3.8) is 0 Å². The Labute approximate surface area is 110 Å². The molecule has 0 aliphatic carbocycles. The topological polar surface area (TPSA) is 67.9 Å².